The van der Waals surface area contributed by atoms with Crippen LogP contribution in [0.2, 0.25) is 5.02 Å². The maximum absolute atomic E-state index is 13.9. The zero-order valence-corrected chi connectivity index (χ0v) is 26.8. The average Bonchev–Trinajstić information content (AvgIpc) is 3.39. The fraction of sp³-hybridized carbons (Fsp3) is 0.457. The van der Waals surface area contributed by atoms with Gasteiger partial charge in [-0.25, -0.2) is 9.78 Å². The Balaban J connectivity index is 1.05. The molecule has 9 nitrogen and oxygen atoms in total. The molecule has 0 saturated carbocycles. The van der Waals surface area contributed by atoms with Crippen molar-refractivity contribution >= 4 is 23.5 Å². The van der Waals surface area contributed by atoms with Gasteiger partial charge in [-0.2, -0.15) is 0 Å². The Labute approximate surface area is 270 Å². The van der Waals surface area contributed by atoms with Crippen LogP contribution in [0, 0.1) is 0 Å². The number of nitrogens with zero attached hydrogens (tertiary/aromatic N) is 4. The number of benzene rings is 2. The fourth-order valence-electron chi connectivity index (χ4n) is 6.65. The lowest BCUT2D eigenvalue weighted by atomic mass is 9.98. The van der Waals surface area contributed by atoms with Crippen LogP contribution in [-0.4, -0.2) is 82.6 Å². The van der Waals surface area contributed by atoms with Gasteiger partial charge in [0, 0.05) is 80.4 Å². The number of hydrogen-bond acceptors (Lipinski definition) is 6. The summed E-state index contributed by atoms with van der Waals surface area (Å²) in [7, 11) is 0. The highest BCUT2D eigenvalue weighted by Crippen LogP contribution is 2.38. The molecule has 6 rings (SSSR count). The van der Waals surface area contributed by atoms with Crippen molar-refractivity contribution in [1.29, 1.82) is 0 Å². The number of nitrogens with one attached hydrogen (secondary N) is 1. The van der Waals surface area contributed by atoms with Crippen LogP contribution in [-0.2, 0) is 11.3 Å². The minimum Gasteiger partial charge on any atom is -0.439 e. The Morgan fingerprint density at radius 1 is 1.02 bits per heavy atom. The zero-order valence-electron chi connectivity index (χ0n) is 26.0. The third-order valence-corrected chi connectivity index (χ3v) is 9.19. The molecule has 3 aliphatic heterocycles. The lowest BCUT2D eigenvalue weighted by Gasteiger charge is -2.39. The highest BCUT2D eigenvalue weighted by Gasteiger charge is 2.45. The summed E-state index contributed by atoms with van der Waals surface area (Å²) >= 11 is 6.39. The summed E-state index contributed by atoms with van der Waals surface area (Å²) in [6, 6.07) is 19.6. The highest BCUT2D eigenvalue weighted by atomic mass is 35.5. The third-order valence-electron chi connectivity index (χ3n) is 8.95. The van der Waals surface area contributed by atoms with Crippen LogP contribution < -0.4 is 10.1 Å². The van der Waals surface area contributed by atoms with E-state index in [1.807, 2.05) is 50.4 Å². The number of halogens is 1. The molecule has 3 saturated heterocycles. The fourth-order valence-corrected chi connectivity index (χ4v) is 6.84. The number of amides is 3. The number of urea groups is 1. The summed E-state index contributed by atoms with van der Waals surface area (Å²) in [5.41, 5.74) is 2.81. The molecule has 238 valence electrons. The molecule has 3 fully saturated rings. The molecule has 0 aliphatic carbocycles. The number of ether oxygens (including phenoxy) is 2. The number of rotatable bonds is 9. The Bertz CT molecular complexity index is 1450. The van der Waals surface area contributed by atoms with Gasteiger partial charge in [0.05, 0.1) is 6.04 Å². The van der Waals surface area contributed by atoms with Crippen molar-refractivity contribution in [3.05, 3.63) is 88.6 Å². The number of carbonyl (C=O) groups excluding carboxylic acids is 2. The second-order valence-electron chi connectivity index (χ2n) is 12.5. The predicted molar refractivity (Wildman–Crippen MR) is 174 cm³/mol. The number of pyridine rings is 1. The van der Waals surface area contributed by atoms with Crippen LogP contribution in [0.25, 0.3) is 0 Å². The number of carbonyl (C=O) groups is 2. The second-order valence-corrected chi connectivity index (χ2v) is 13.0. The molecular weight excluding hydrogens is 590 g/mol. The predicted octanol–water partition coefficient (Wildman–Crippen LogP) is 6.29. The Hall–Kier alpha value is -3.66. The van der Waals surface area contributed by atoms with Gasteiger partial charge in [-0.15, -0.1) is 0 Å². The van der Waals surface area contributed by atoms with Crippen molar-refractivity contribution < 1.29 is 19.1 Å². The van der Waals surface area contributed by atoms with Gasteiger partial charge >= 0.3 is 6.03 Å². The first-order chi connectivity index (χ1) is 21.8. The quantitative estimate of drug-likeness (QED) is 0.299. The summed E-state index contributed by atoms with van der Waals surface area (Å²) in [6.07, 6.45) is 5.48. The smallest absolute Gasteiger partial charge is 0.321 e. The van der Waals surface area contributed by atoms with E-state index in [0.29, 0.717) is 42.0 Å². The lowest BCUT2D eigenvalue weighted by molar-refractivity contribution is 0.0493. The first kappa shape index (κ1) is 31.3. The van der Waals surface area contributed by atoms with Crippen LogP contribution in [0.3, 0.4) is 0 Å². The number of piperidine rings is 1. The molecule has 4 heterocycles. The molecule has 3 amide bonds. The van der Waals surface area contributed by atoms with E-state index in [1.165, 1.54) is 0 Å². The van der Waals surface area contributed by atoms with Gasteiger partial charge in [0.15, 0.2) is 0 Å². The summed E-state index contributed by atoms with van der Waals surface area (Å²) < 4.78 is 11.5. The molecule has 0 radical (unpaired) electrons. The average molecular weight is 632 g/mol. The minimum atomic E-state index is -0.104. The second kappa shape index (κ2) is 14.2. The van der Waals surface area contributed by atoms with Gasteiger partial charge < -0.3 is 24.6 Å². The summed E-state index contributed by atoms with van der Waals surface area (Å²) in [4.78, 5) is 37.3. The van der Waals surface area contributed by atoms with Gasteiger partial charge in [-0.3, -0.25) is 9.69 Å². The largest absolute Gasteiger partial charge is 0.439 e. The summed E-state index contributed by atoms with van der Waals surface area (Å²) in [6.45, 7) is 8.59. The van der Waals surface area contributed by atoms with E-state index in [4.69, 9.17) is 21.1 Å². The molecule has 3 aliphatic rings. The molecule has 1 aromatic heterocycles. The van der Waals surface area contributed by atoms with Crippen molar-refractivity contribution in [2.45, 2.75) is 70.2 Å². The zero-order chi connectivity index (χ0) is 31.3. The Morgan fingerprint density at radius 2 is 1.78 bits per heavy atom. The maximum atomic E-state index is 13.9. The van der Waals surface area contributed by atoms with Gasteiger partial charge in [0.25, 0.3) is 5.91 Å². The summed E-state index contributed by atoms with van der Waals surface area (Å²) in [5.74, 6) is 1.03. The summed E-state index contributed by atoms with van der Waals surface area (Å²) in [5, 5.41) is 3.59. The Morgan fingerprint density at radius 3 is 2.44 bits per heavy atom. The van der Waals surface area contributed by atoms with E-state index >= 15 is 0 Å². The van der Waals surface area contributed by atoms with E-state index in [9.17, 15) is 9.59 Å². The molecule has 0 spiro atoms. The van der Waals surface area contributed by atoms with Gasteiger partial charge in [0.1, 0.15) is 5.75 Å². The number of likely N-dealkylation sites (tertiary alicyclic amines) is 1. The van der Waals surface area contributed by atoms with Crippen LogP contribution >= 0.6 is 11.6 Å². The molecule has 0 bridgehead atoms. The first-order valence-corrected chi connectivity index (χ1v) is 16.4. The maximum Gasteiger partial charge on any atom is 0.321 e. The molecule has 1 N–H and O–H groups in total. The monoisotopic (exact) mass is 631 g/mol. The molecule has 45 heavy (non-hydrogen) atoms. The van der Waals surface area contributed by atoms with E-state index < -0.39 is 0 Å². The van der Waals surface area contributed by atoms with Crippen molar-refractivity contribution in [3.8, 4) is 11.6 Å². The molecule has 2 aromatic carbocycles. The normalized spacial score (nSPS) is 20.2. The van der Waals surface area contributed by atoms with Crippen molar-refractivity contribution in [3.63, 3.8) is 0 Å². The van der Waals surface area contributed by atoms with Gasteiger partial charge in [-0.1, -0.05) is 29.8 Å². The van der Waals surface area contributed by atoms with E-state index in [0.717, 1.165) is 56.4 Å². The van der Waals surface area contributed by atoms with Crippen molar-refractivity contribution in [2.75, 3.05) is 32.8 Å². The number of aromatic nitrogens is 1. The minimum absolute atomic E-state index is 0.000682. The van der Waals surface area contributed by atoms with Crippen LogP contribution in [0.4, 0.5) is 4.79 Å². The SMILES string of the molecule is CC(C)NC(=O)c1ccc(Oc2ccc(CN3CCC(N4C(=O)N(C5CCOCC5)C[C@H]4c4cccc(Cl)c4)CC3)cn2)cc1. The molecule has 3 aromatic rings. The van der Waals surface area contributed by atoms with Gasteiger partial charge in [0.2, 0.25) is 5.88 Å². The topological polar surface area (TPSA) is 87.2 Å². The standard InChI is InChI=1S/C35H42ClN5O4/c1-24(2)38-34(42)26-7-9-31(10-8-26)45-33-11-6-25(21-37-33)22-39-16-12-30(13-17-39)41-32(27-4-3-5-28(36)20-27)23-40(35(41)43)29-14-18-44-19-15-29/h3-11,20-21,24,29-30,32H,12-19,22-23H2,1-2H3,(H,38,42)/t32-/m0/s1. The Kier molecular flexibility index (Phi) is 9.88. The first-order valence-electron chi connectivity index (χ1n) is 16.0. The van der Waals surface area contributed by atoms with Crippen molar-refractivity contribution in [2.24, 2.45) is 0 Å². The number of hydrogen-bond donors (Lipinski definition) is 1. The highest BCUT2D eigenvalue weighted by molar-refractivity contribution is 6.30. The molecule has 10 heteroatoms. The molecular formula is C35H42ClN5O4. The van der Waals surface area contributed by atoms with Crippen molar-refractivity contribution in [1.82, 2.24) is 25.0 Å². The molecule has 0 unspecified atom stereocenters. The van der Waals surface area contributed by atoms with Crippen LogP contribution in [0.15, 0.2) is 66.9 Å². The lowest BCUT2D eigenvalue weighted by Crippen LogP contribution is -2.48. The van der Waals surface area contributed by atoms with Crippen LogP contribution in [0.5, 0.6) is 11.6 Å². The van der Waals surface area contributed by atoms with E-state index in [1.54, 1.807) is 24.3 Å². The third kappa shape index (κ3) is 7.60. The van der Waals surface area contributed by atoms with E-state index in [2.05, 4.69) is 31.1 Å². The van der Waals surface area contributed by atoms with Gasteiger partial charge in [-0.05, 0) is 87.1 Å². The van der Waals surface area contributed by atoms with E-state index in [-0.39, 0.29) is 36.1 Å². The van der Waals surface area contributed by atoms with Crippen LogP contribution in [0.1, 0.15) is 67.1 Å². The molecule has 1 atom stereocenters.